The van der Waals surface area contributed by atoms with E-state index in [9.17, 15) is 0 Å². The molecule has 1 aliphatic carbocycles. The molecule has 1 aliphatic rings. The standard InChI is InChI=1S/C13H28N2/c1-10(2)12(5)8-6-7-9-13(12,15-14)11(3)4/h10-11,15H,6-9,14H2,1-5H3. The van der Waals surface area contributed by atoms with E-state index in [1.54, 1.807) is 0 Å². The Hall–Kier alpha value is -0.0800. The van der Waals surface area contributed by atoms with E-state index >= 15 is 0 Å². The van der Waals surface area contributed by atoms with Crippen molar-refractivity contribution < 1.29 is 0 Å². The molecule has 1 fully saturated rings. The maximum Gasteiger partial charge on any atom is 0.0400 e. The fourth-order valence-electron chi connectivity index (χ4n) is 3.56. The average Bonchev–Trinajstić information content (AvgIpc) is 2.18. The molecule has 2 atom stereocenters. The minimum absolute atomic E-state index is 0.124. The monoisotopic (exact) mass is 212 g/mol. The van der Waals surface area contributed by atoms with Gasteiger partial charge in [0.05, 0.1) is 0 Å². The van der Waals surface area contributed by atoms with E-state index in [-0.39, 0.29) is 5.54 Å². The Morgan fingerprint density at radius 1 is 1.00 bits per heavy atom. The van der Waals surface area contributed by atoms with E-state index in [0.29, 0.717) is 17.3 Å². The normalized spacial score (nSPS) is 37.6. The van der Waals surface area contributed by atoms with Gasteiger partial charge < -0.3 is 0 Å². The average molecular weight is 212 g/mol. The van der Waals surface area contributed by atoms with Gasteiger partial charge in [0.2, 0.25) is 0 Å². The quantitative estimate of drug-likeness (QED) is 0.557. The van der Waals surface area contributed by atoms with Crippen LogP contribution in [0.3, 0.4) is 0 Å². The lowest BCUT2D eigenvalue weighted by Crippen LogP contribution is -2.66. The highest BCUT2D eigenvalue weighted by atomic mass is 15.3. The molecule has 0 aromatic carbocycles. The van der Waals surface area contributed by atoms with Crippen molar-refractivity contribution in [2.45, 2.75) is 65.8 Å². The lowest BCUT2D eigenvalue weighted by Gasteiger charge is -2.56. The molecule has 2 nitrogen and oxygen atoms in total. The highest BCUT2D eigenvalue weighted by Crippen LogP contribution is 2.51. The van der Waals surface area contributed by atoms with Crippen LogP contribution in [-0.2, 0) is 0 Å². The molecule has 2 heteroatoms. The Kier molecular flexibility index (Phi) is 3.83. The van der Waals surface area contributed by atoms with Crippen molar-refractivity contribution in [2.75, 3.05) is 0 Å². The van der Waals surface area contributed by atoms with Gasteiger partial charge in [-0.15, -0.1) is 0 Å². The van der Waals surface area contributed by atoms with Gasteiger partial charge in [0.15, 0.2) is 0 Å². The highest BCUT2D eigenvalue weighted by molar-refractivity contribution is 5.06. The van der Waals surface area contributed by atoms with E-state index in [2.05, 4.69) is 40.0 Å². The van der Waals surface area contributed by atoms with Crippen molar-refractivity contribution in [3.05, 3.63) is 0 Å². The van der Waals surface area contributed by atoms with E-state index in [1.165, 1.54) is 25.7 Å². The van der Waals surface area contributed by atoms with Crippen molar-refractivity contribution in [3.8, 4) is 0 Å². The Labute approximate surface area is 95.0 Å². The summed E-state index contributed by atoms with van der Waals surface area (Å²) in [5, 5.41) is 0. The molecule has 2 unspecified atom stereocenters. The SMILES string of the molecule is CC(C)C1(C)CCCCC1(NN)C(C)C. The molecule has 15 heavy (non-hydrogen) atoms. The molecule has 0 aromatic rings. The van der Waals surface area contributed by atoms with E-state index in [1.807, 2.05) is 0 Å². The Morgan fingerprint density at radius 3 is 1.87 bits per heavy atom. The largest absolute Gasteiger partial charge is 0.271 e. The molecule has 1 saturated carbocycles. The summed E-state index contributed by atoms with van der Waals surface area (Å²) < 4.78 is 0. The van der Waals surface area contributed by atoms with Gasteiger partial charge >= 0.3 is 0 Å². The zero-order valence-electron chi connectivity index (χ0n) is 11.1. The van der Waals surface area contributed by atoms with Gasteiger partial charge in [0, 0.05) is 5.54 Å². The van der Waals surface area contributed by atoms with Gasteiger partial charge in [-0.25, -0.2) is 0 Å². The minimum Gasteiger partial charge on any atom is -0.271 e. The third-order valence-corrected chi connectivity index (χ3v) is 5.05. The number of hydrazine groups is 1. The lowest BCUT2D eigenvalue weighted by molar-refractivity contribution is -0.0283. The molecule has 0 saturated heterocycles. The molecule has 0 heterocycles. The van der Waals surface area contributed by atoms with Crippen LogP contribution >= 0.6 is 0 Å². The first-order valence-electron chi connectivity index (χ1n) is 6.38. The second kappa shape index (κ2) is 4.42. The van der Waals surface area contributed by atoms with Crippen molar-refractivity contribution in [1.29, 1.82) is 0 Å². The second-order valence-electron chi connectivity index (χ2n) is 6.05. The molecule has 0 radical (unpaired) electrons. The van der Waals surface area contributed by atoms with Crippen molar-refractivity contribution >= 4 is 0 Å². The van der Waals surface area contributed by atoms with E-state index in [4.69, 9.17) is 5.84 Å². The first-order chi connectivity index (χ1) is 6.90. The number of rotatable bonds is 3. The topological polar surface area (TPSA) is 38.0 Å². The van der Waals surface area contributed by atoms with Gasteiger partial charge in [-0.05, 0) is 30.1 Å². The van der Waals surface area contributed by atoms with E-state index < -0.39 is 0 Å². The summed E-state index contributed by atoms with van der Waals surface area (Å²) >= 11 is 0. The summed E-state index contributed by atoms with van der Waals surface area (Å²) in [6.45, 7) is 11.7. The molecule has 0 spiro atoms. The van der Waals surface area contributed by atoms with E-state index in [0.717, 1.165) is 0 Å². The van der Waals surface area contributed by atoms with Crippen LogP contribution in [-0.4, -0.2) is 5.54 Å². The number of hydrogen-bond donors (Lipinski definition) is 2. The predicted octanol–water partition coefficient (Wildman–Crippen LogP) is 3.08. The molecule has 0 aromatic heterocycles. The number of hydrogen-bond acceptors (Lipinski definition) is 2. The minimum atomic E-state index is 0.124. The van der Waals surface area contributed by atoms with Crippen LogP contribution < -0.4 is 11.3 Å². The molecule has 1 rings (SSSR count). The summed E-state index contributed by atoms with van der Waals surface area (Å²) in [6, 6.07) is 0. The highest BCUT2D eigenvalue weighted by Gasteiger charge is 2.52. The Bertz CT molecular complexity index is 213. The Balaban J connectivity index is 3.08. The van der Waals surface area contributed by atoms with Gasteiger partial charge in [0.25, 0.3) is 0 Å². The van der Waals surface area contributed by atoms with Crippen molar-refractivity contribution in [3.63, 3.8) is 0 Å². The maximum atomic E-state index is 5.90. The fourth-order valence-corrected chi connectivity index (χ4v) is 3.56. The van der Waals surface area contributed by atoms with Crippen molar-refractivity contribution in [1.82, 2.24) is 5.43 Å². The van der Waals surface area contributed by atoms with Gasteiger partial charge in [-0.1, -0.05) is 47.5 Å². The molecule has 90 valence electrons. The summed E-state index contributed by atoms with van der Waals surface area (Å²) in [5.41, 5.74) is 3.64. The van der Waals surface area contributed by atoms with Crippen LogP contribution in [0, 0.1) is 17.3 Å². The smallest absolute Gasteiger partial charge is 0.0400 e. The van der Waals surface area contributed by atoms with Crippen LogP contribution in [0.4, 0.5) is 0 Å². The van der Waals surface area contributed by atoms with Gasteiger partial charge in [-0.3, -0.25) is 11.3 Å². The first-order valence-corrected chi connectivity index (χ1v) is 6.38. The molecular formula is C13H28N2. The first kappa shape index (κ1) is 13.0. The molecule has 3 N–H and O–H groups in total. The van der Waals surface area contributed by atoms with Crippen LogP contribution in [0.1, 0.15) is 60.3 Å². The molecule has 0 bridgehead atoms. The van der Waals surface area contributed by atoms with Crippen LogP contribution in [0.15, 0.2) is 0 Å². The molecular weight excluding hydrogens is 184 g/mol. The van der Waals surface area contributed by atoms with Crippen LogP contribution in [0.5, 0.6) is 0 Å². The summed E-state index contributed by atoms with van der Waals surface area (Å²) in [6.07, 6.45) is 5.18. The Morgan fingerprint density at radius 2 is 1.53 bits per heavy atom. The van der Waals surface area contributed by atoms with Crippen LogP contribution in [0.25, 0.3) is 0 Å². The molecule has 0 amide bonds. The molecule has 0 aliphatic heterocycles. The number of nitrogens with two attached hydrogens (primary N) is 1. The van der Waals surface area contributed by atoms with Crippen LogP contribution in [0.2, 0.25) is 0 Å². The number of nitrogens with one attached hydrogen (secondary N) is 1. The van der Waals surface area contributed by atoms with Crippen molar-refractivity contribution in [2.24, 2.45) is 23.1 Å². The maximum absolute atomic E-state index is 5.90. The third-order valence-electron chi connectivity index (χ3n) is 5.05. The van der Waals surface area contributed by atoms with Gasteiger partial charge in [0.1, 0.15) is 0 Å². The lowest BCUT2D eigenvalue weighted by atomic mass is 9.54. The zero-order chi connectivity index (χ0) is 11.7. The fraction of sp³-hybridized carbons (Fsp3) is 1.00. The summed E-state index contributed by atoms with van der Waals surface area (Å²) in [4.78, 5) is 0. The second-order valence-corrected chi connectivity index (χ2v) is 6.05. The van der Waals surface area contributed by atoms with Gasteiger partial charge in [-0.2, -0.15) is 0 Å². The predicted molar refractivity (Wildman–Crippen MR) is 66.3 cm³/mol. The third kappa shape index (κ3) is 1.83. The summed E-state index contributed by atoms with van der Waals surface area (Å²) in [5.74, 6) is 7.17. The zero-order valence-corrected chi connectivity index (χ0v) is 11.1. The summed E-state index contributed by atoms with van der Waals surface area (Å²) in [7, 11) is 0.